The fraction of sp³-hybridized carbons (Fsp3) is 0.263. The predicted molar refractivity (Wildman–Crippen MR) is 97.2 cm³/mol. The summed E-state index contributed by atoms with van der Waals surface area (Å²) in [5.41, 5.74) is 1.73. The number of carbonyl (C=O) groups is 2. The summed E-state index contributed by atoms with van der Waals surface area (Å²) in [6.07, 6.45) is 0.933. The Morgan fingerprint density at radius 2 is 1.81 bits per heavy atom. The van der Waals surface area contributed by atoms with Gasteiger partial charge in [0.1, 0.15) is 0 Å². The van der Waals surface area contributed by atoms with Crippen LogP contribution >= 0.6 is 0 Å². The van der Waals surface area contributed by atoms with Gasteiger partial charge in [0.25, 0.3) is 11.6 Å². The molecule has 2 aromatic carbocycles. The molecule has 2 rings (SSSR count). The van der Waals surface area contributed by atoms with Crippen molar-refractivity contribution in [3.8, 4) is 0 Å². The summed E-state index contributed by atoms with van der Waals surface area (Å²) in [6, 6.07) is 12.5. The molecule has 7 heteroatoms. The lowest BCUT2D eigenvalue weighted by Crippen LogP contribution is -2.21. The number of amides is 1. The molecule has 0 saturated carbocycles. The van der Waals surface area contributed by atoms with Crippen molar-refractivity contribution in [1.29, 1.82) is 0 Å². The third-order valence-corrected chi connectivity index (χ3v) is 4.03. The fourth-order valence-corrected chi connectivity index (χ4v) is 2.38. The molecule has 0 heterocycles. The second kappa shape index (κ2) is 8.75. The molecule has 0 unspecified atom stereocenters. The van der Waals surface area contributed by atoms with Gasteiger partial charge in [0.15, 0.2) is 6.61 Å². The highest BCUT2D eigenvalue weighted by atomic mass is 16.6. The van der Waals surface area contributed by atoms with E-state index < -0.39 is 23.4 Å². The maximum Gasteiger partial charge on any atom is 0.338 e. The molecular weight excluding hydrogens is 336 g/mol. The second-order valence-corrected chi connectivity index (χ2v) is 5.82. The van der Waals surface area contributed by atoms with Crippen LogP contribution in [0.25, 0.3) is 0 Å². The van der Waals surface area contributed by atoms with E-state index in [9.17, 15) is 19.7 Å². The molecule has 136 valence electrons. The summed E-state index contributed by atoms with van der Waals surface area (Å²) in [7, 11) is 0. The minimum absolute atomic E-state index is 0.124. The number of nitrogens with zero attached hydrogens (tertiary/aromatic N) is 1. The molecule has 0 saturated heterocycles. The zero-order valence-electron chi connectivity index (χ0n) is 14.6. The quantitative estimate of drug-likeness (QED) is 0.461. The van der Waals surface area contributed by atoms with Crippen molar-refractivity contribution in [2.45, 2.75) is 26.2 Å². The maximum atomic E-state index is 12.1. The minimum atomic E-state index is -0.717. The average molecular weight is 356 g/mol. The Labute approximate surface area is 151 Å². The van der Waals surface area contributed by atoms with Crippen LogP contribution in [0.2, 0.25) is 0 Å². The number of para-hydroxylation sites is 1. The van der Waals surface area contributed by atoms with Gasteiger partial charge < -0.3 is 10.1 Å². The number of hydrogen-bond acceptors (Lipinski definition) is 5. The van der Waals surface area contributed by atoms with Crippen molar-refractivity contribution in [2.24, 2.45) is 0 Å². The number of nitro benzene ring substituents is 1. The average Bonchev–Trinajstić information content (AvgIpc) is 2.66. The largest absolute Gasteiger partial charge is 0.452 e. The lowest BCUT2D eigenvalue weighted by atomic mass is 9.97. The first-order valence-corrected chi connectivity index (χ1v) is 8.22. The van der Waals surface area contributed by atoms with Crippen LogP contribution in [0, 0.1) is 10.1 Å². The number of nitro groups is 1. The molecule has 0 aliphatic carbocycles. The lowest BCUT2D eigenvalue weighted by Gasteiger charge is -2.15. The van der Waals surface area contributed by atoms with Crippen LogP contribution < -0.4 is 5.32 Å². The molecule has 1 atom stereocenters. The van der Waals surface area contributed by atoms with Gasteiger partial charge in [0.05, 0.1) is 10.5 Å². The van der Waals surface area contributed by atoms with Gasteiger partial charge in [-0.1, -0.05) is 32.0 Å². The first kappa shape index (κ1) is 19.1. The molecule has 0 radical (unpaired) electrons. The van der Waals surface area contributed by atoms with E-state index in [1.54, 1.807) is 6.07 Å². The lowest BCUT2D eigenvalue weighted by molar-refractivity contribution is -0.384. The molecule has 7 nitrogen and oxygen atoms in total. The number of hydrogen-bond donors (Lipinski definition) is 1. The Hall–Kier alpha value is -3.22. The Kier molecular flexibility index (Phi) is 6.43. The molecule has 1 N–H and O–H groups in total. The van der Waals surface area contributed by atoms with Crippen molar-refractivity contribution < 1.29 is 19.2 Å². The van der Waals surface area contributed by atoms with Crippen LogP contribution in [0.5, 0.6) is 0 Å². The van der Waals surface area contributed by atoms with Crippen LogP contribution in [-0.2, 0) is 9.53 Å². The molecule has 0 aliphatic heterocycles. The molecule has 1 amide bonds. The van der Waals surface area contributed by atoms with Gasteiger partial charge in [-0.3, -0.25) is 14.9 Å². The van der Waals surface area contributed by atoms with Crippen LogP contribution in [0.4, 0.5) is 11.4 Å². The van der Waals surface area contributed by atoms with Crippen molar-refractivity contribution in [3.63, 3.8) is 0 Å². The van der Waals surface area contributed by atoms with E-state index in [1.165, 1.54) is 24.3 Å². The standard InChI is InChI=1S/C19H20N2O5/c1-3-13(2)16-6-4-5-7-17(16)20-18(22)12-26-19(23)14-8-10-15(11-9-14)21(24)25/h4-11,13H,3,12H2,1-2H3,(H,20,22)/t13-/m1/s1. The number of carbonyl (C=O) groups excluding carboxylic acids is 2. The van der Waals surface area contributed by atoms with E-state index in [0.29, 0.717) is 5.69 Å². The highest BCUT2D eigenvalue weighted by Crippen LogP contribution is 2.26. The molecule has 0 fully saturated rings. The molecule has 0 bridgehead atoms. The van der Waals surface area contributed by atoms with Gasteiger partial charge in [-0.2, -0.15) is 0 Å². The van der Waals surface area contributed by atoms with Gasteiger partial charge in [-0.15, -0.1) is 0 Å². The molecule has 0 spiro atoms. The van der Waals surface area contributed by atoms with Crippen molar-refractivity contribution in [3.05, 3.63) is 69.8 Å². The predicted octanol–water partition coefficient (Wildman–Crippen LogP) is 3.90. The van der Waals surface area contributed by atoms with E-state index in [-0.39, 0.29) is 17.2 Å². The highest BCUT2D eigenvalue weighted by molar-refractivity contribution is 5.96. The summed E-state index contributed by atoms with van der Waals surface area (Å²) in [5.74, 6) is -0.879. The van der Waals surface area contributed by atoms with Gasteiger partial charge in [-0.25, -0.2) is 4.79 Å². The zero-order chi connectivity index (χ0) is 19.1. The third kappa shape index (κ3) is 4.89. The first-order valence-electron chi connectivity index (χ1n) is 8.22. The fourth-order valence-electron chi connectivity index (χ4n) is 2.38. The number of non-ortho nitro benzene ring substituents is 1. The van der Waals surface area contributed by atoms with Gasteiger partial charge in [0, 0.05) is 17.8 Å². The number of anilines is 1. The summed E-state index contributed by atoms with van der Waals surface area (Å²) in [5, 5.41) is 13.4. The van der Waals surface area contributed by atoms with E-state index in [1.807, 2.05) is 18.2 Å². The molecule has 2 aromatic rings. The van der Waals surface area contributed by atoms with Crippen molar-refractivity contribution in [1.82, 2.24) is 0 Å². The van der Waals surface area contributed by atoms with E-state index in [0.717, 1.165) is 12.0 Å². The van der Waals surface area contributed by atoms with Gasteiger partial charge >= 0.3 is 5.97 Å². The number of nitrogens with one attached hydrogen (secondary N) is 1. The van der Waals surface area contributed by atoms with Crippen LogP contribution in [0.3, 0.4) is 0 Å². The smallest absolute Gasteiger partial charge is 0.338 e. The van der Waals surface area contributed by atoms with Crippen LogP contribution in [-0.4, -0.2) is 23.4 Å². The number of rotatable bonds is 7. The summed E-state index contributed by atoms with van der Waals surface area (Å²) in [4.78, 5) is 34.1. The molecule has 0 aliphatic rings. The van der Waals surface area contributed by atoms with Crippen LogP contribution in [0.15, 0.2) is 48.5 Å². The SMILES string of the molecule is CC[C@@H](C)c1ccccc1NC(=O)COC(=O)c1ccc([N+](=O)[O-])cc1. The van der Waals surface area contributed by atoms with E-state index in [2.05, 4.69) is 19.2 Å². The monoisotopic (exact) mass is 356 g/mol. The Morgan fingerprint density at radius 1 is 1.15 bits per heavy atom. The molecular formula is C19H20N2O5. The summed E-state index contributed by atoms with van der Waals surface area (Å²) >= 11 is 0. The van der Waals surface area contributed by atoms with Crippen molar-refractivity contribution >= 4 is 23.3 Å². The molecule has 26 heavy (non-hydrogen) atoms. The second-order valence-electron chi connectivity index (χ2n) is 5.82. The van der Waals surface area contributed by atoms with E-state index in [4.69, 9.17) is 4.74 Å². The Morgan fingerprint density at radius 3 is 2.42 bits per heavy atom. The van der Waals surface area contributed by atoms with E-state index >= 15 is 0 Å². The van der Waals surface area contributed by atoms with Crippen LogP contribution in [0.1, 0.15) is 42.1 Å². The zero-order valence-corrected chi connectivity index (χ0v) is 14.6. The number of benzene rings is 2. The maximum absolute atomic E-state index is 12.1. The summed E-state index contributed by atoms with van der Waals surface area (Å²) < 4.78 is 4.97. The Balaban J connectivity index is 1.94. The number of ether oxygens (including phenoxy) is 1. The Bertz CT molecular complexity index is 802. The van der Waals surface area contributed by atoms with Crippen molar-refractivity contribution in [2.75, 3.05) is 11.9 Å². The van der Waals surface area contributed by atoms with Gasteiger partial charge in [0.2, 0.25) is 0 Å². The van der Waals surface area contributed by atoms with Gasteiger partial charge in [-0.05, 0) is 36.1 Å². The first-order chi connectivity index (χ1) is 12.4. The normalized spacial score (nSPS) is 11.5. The number of esters is 1. The topological polar surface area (TPSA) is 98.5 Å². The highest BCUT2D eigenvalue weighted by Gasteiger charge is 2.14. The summed E-state index contributed by atoms with van der Waals surface area (Å²) in [6.45, 7) is 3.69. The minimum Gasteiger partial charge on any atom is -0.452 e. The third-order valence-electron chi connectivity index (χ3n) is 4.03. The molecule has 0 aromatic heterocycles.